The van der Waals surface area contributed by atoms with E-state index < -0.39 is 0 Å². The summed E-state index contributed by atoms with van der Waals surface area (Å²) < 4.78 is 0. The van der Waals surface area contributed by atoms with Gasteiger partial charge in [0.1, 0.15) is 0 Å². The highest BCUT2D eigenvalue weighted by molar-refractivity contribution is 5.76. The van der Waals surface area contributed by atoms with Crippen molar-refractivity contribution in [1.29, 1.82) is 0 Å². The molecule has 0 aromatic heterocycles. The molecule has 20 heavy (non-hydrogen) atoms. The molecule has 0 saturated carbocycles. The third kappa shape index (κ3) is 4.01. The first-order chi connectivity index (χ1) is 9.69. The van der Waals surface area contributed by atoms with Gasteiger partial charge in [0.05, 0.1) is 6.54 Å². The number of nitrogens with zero attached hydrogens (tertiary/aromatic N) is 2. The van der Waals surface area contributed by atoms with Gasteiger partial charge in [0.15, 0.2) is 0 Å². The number of piperazine rings is 1. The summed E-state index contributed by atoms with van der Waals surface area (Å²) >= 11 is 0. The minimum Gasteiger partial charge on any atom is -0.399 e. The van der Waals surface area contributed by atoms with E-state index in [1.807, 2.05) is 29.2 Å². The maximum atomic E-state index is 12.2. The average molecular weight is 271 g/mol. The second kappa shape index (κ2) is 6.97. The van der Waals surface area contributed by atoms with Gasteiger partial charge in [0.2, 0.25) is 5.91 Å². The molecule has 2 rings (SSSR count). The van der Waals surface area contributed by atoms with Crippen LogP contribution in [0.15, 0.2) is 24.3 Å². The number of terminal acetylenes is 1. The molecule has 0 unspecified atom stereocenters. The van der Waals surface area contributed by atoms with Crippen molar-refractivity contribution in [1.82, 2.24) is 9.80 Å². The Balaban J connectivity index is 1.77. The summed E-state index contributed by atoms with van der Waals surface area (Å²) in [5.41, 5.74) is 7.60. The minimum atomic E-state index is 0.216. The number of hydrogen-bond acceptors (Lipinski definition) is 3. The van der Waals surface area contributed by atoms with E-state index in [0.29, 0.717) is 13.0 Å². The largest absolute Gasteiger partial charge is 0.399 e. The first kappa shape index (κ1) is 14.4. The van der Waals surface area contributed by atoms with Crippen molar-refractivity contribution in [2.45, 2.75) is 12.8 Å². The van der Waals surface area contributed by atoms with Gasteiger partial charge in [-0.15, -0.1) is 6.42 Å². The highest BCUT2D eigenvalue weighted by atomic mass is 16.2. The molecule has 4 heteroatoms. The molecular weight excluding hydrogens is 250 g/mol. The Labute approximate surface area is 120 Å². The molecule has 1 aliphatic rings. The normalized spacial score (nSPS) is 15.8. The zero-order valence-corrected chi connectivity index (χ0v) is 11.7. The summed E-state index contributed by atoms with van der Waals surface area (Å²) in [5.74, 6) is 2.86. The van der Waals surface area contributed by atoms with Crippen molar-refractivity contribution in [3.05, 3.63) is 29.8 Å². The minimum absolute atomic E-state index is 0.216. The van der Waals surface area contributed by atoms with Crippen LogP contribution in [-0.2, 0) is 11.2 Å². The van der Waals surface area contributed by atoms with Gasteiger partial charge in [-0.3, -0.25) is 9.69 Å². The van der Waals surface area contributed by atoms with Crippen LogP contribution in [0.25, 0.3) is 0 Å². The number of amides is 1. The maximum Gasteiger partial charge on any atom is 0.222 e. The summed E-state index contributed by atoms with van der Waals surface area (Å²) in [5, 5.41) is 0. The second-order valence-corrected chi connectivity index (χ2v) is 5.11. The molecule has 1 aromatic rings. The molecule has 2 N–H and O–H groups in total. The number of rotatable bonds is 4. The SMILES string of the molecule is C#CCN1CCN(C(=O)CCc2cccc(N)c2)CC1. The van der Waals surface area contributed by atoms with Gasteiger partial charge in [0.25, 0.3) is 0 Å². The van der Waals surface area contributed by atoms with Crippen LogP contribution >= 0.6 is 0 Å². The number of carbonyl (C=O) groups excluding carboxylic acids is 1. The quantitative estimate of drug-likeness (QED) is 0.656. The van der Waals surface area contributed by atoms with Crippen molar-refractivity contribution in [3.8, 4) is 12.3 Å². The molecule has 0 aliphatic carbocycles. The lowest BCUT2D eigenvalue weighted by atomic mass is 10.1. The van der Waals surface area contributed by atoms with E-state index in [1.54, 1.807) is 0 Å². The monoisotopic (exact) mass is 271 g/mol. The van der Waals surface area contributed by atoms with Crippen LogP contribution < -0.4 is 5.73 Å². The molecule has 1 heterocycles. The predicted molar refractivity (Wildman–Crippen MR) is 81.0 cm³/mol. The number of carbonyl (C=O) groups is 1. The van der Waals surface area contributed by atoms with Crippen molar-refractivity contribution in [2.75, 3.05) is 38.5 Å². The number of anilines is 1. The summed E-state index contributed by atoms with van der Waals surface area (Å²) in [7, 11) is 0. The lowest BCUT2D eigenvalue weighted by Crippen LogP contribution is -2.48. The topological polar surface area (TPSA) is 49.6 Å². The van der Waals surface area contributed by atoms with Crippen LogP contribution in [-0.4, -0.2) is 48.4 Å². The van der Waals surface area contributed by atoms with Gasteiger partial charge in [-0.25, -0.2) is 0 Å². The van der Waals surface area contributed by atoms with Gasteiger partial charge >= 0.3 is 0 Å². The van der Waals surface area contributed by atoms with Crippen LogP contribution in [0.4, 0.5) is 5.69 Å². The van der Waals surface area contributed by atoms with E-state index in [9.17, 15) is 4.79 Å². The van der Waals surface area contributed by atoms with E-state index in [-0.39, 0.29) is 5.91 Å². The maximum absolute atomic E-state index is 12.2. The average Bonchev–Trinajstić information content (AvgIpc) is 2.46. The molecule has 106 valence electrons. The van der Waals surface area contributed by atoms with Crippen LogP contribution in [0.5, 0.6) is 0 Å². The van der Waals surface area contributed by atoms with Gasteiger partial charge in [-0.05, 0) is 24.1 Å². The van der Waals surface area contributed by atoms with Crippen molar-refractivity contribution in [2.24, 2.45) is 0 Å². The van der Waals surface area contributed by atoms with E-state index >= 15 is 0 Å². The van der Waals surface area contributed by atoms with E-state index in [0.717, 1.165) is 43.9 Å². The summed E-state index contributed by atoms with van der Waals surface area (Å²) in [6.45, 7) is 3.96. The van der Waals surface area contributed by atoms with Crippen molar-refractivity contribution >= 4 is 11.6 Å². The Kier molecular flexibility index (Phi) is 5.03. The number of aryl methyl sites for hydroxylation is 1. The molecule has 0 atom stereocenters. The Morgan fingerprint density at radius 1 is 1.30 bits per heavy atom. The Morgan fingerprint density at radius 2 is 2.05 bits per heavy atom. The number of nitrogen functional groups attached to an aromatic ring is 1. The summed E-state index contributed by atoms with van der Waals surface area (Å²) in [4.78, 5) is 16.3. The molecule has 1 aromatic carbocycles. The third-order valence-electron chi connectivity index (χ3n) is 3.62. The van der Waals surface area contributed by atoms with Gasteiger partial charge in [0, 0.05) is 38.3 Å². The van der Waals surface area contributed by atoms with Crippen LogP contribution in [0.2, 0.25) is 0 Å². The Hall–Kier alpha value is -1.99. The fourth-order valence-corrected chi connectivity index (χ4v) is 2.44. The second-order valence-electron chi connectivity index (χ2n) is 5.11. The van der Waals surface area contributed by atoms with Crippen molar-refractivity contribution < 1.29 is 4.79 Å². The fourth-order valence-electron chi connectivity index (χ4n) is 2.44. The van der Waals surface area contributed by atoms with Crippen LogP contribution in [0, 0.1) is 12.3 Å². The molecule has 0 radical (unpaired) electrons. The zero-order chi connectivity index (χ0) is 14.4. The first-order valence-corrected chi connectivity index (χ1v) is 6.97. The highest BCUT2D eigenvalue weighted by Gasteiger charge is 2.19. The van der Waals surface area contributed by atoms with E-state index in [4.69, 9.17) is 12.2 Å². The standard InChI is InChI=1S/C16H21N3O/c1-2-8-18-9-11-19(12-10-18)16(20)7-6-14-4-3-5-15(17)13-14/h1,3-5,13H,6-12,17H2. The smallest absolute Gasteiger partial charge is 0.222 e. The molecule has 1 saturated heterocycles. The zero-order valence-electron chi connectivity index (χ0n) is 11.7. The Bertz CT molecular complexity index is 499. The molecule has 1 amide bonds. The van der Waals surface area contributed by atoms with Gasteiger partial charge < -0.3 is 10.6 Å². The highest BCUT2D eigenvalue weighted by Crippen LogP contribution is 2.10. The fraction of sp³-hybridized carbons (Fsp3) is 0.438. The molecule has 4 nitrogen and oxygen atoms in total. The number of benzene rings is 1. The summed E-state index contributed by atoms with van der Waals surface area (Å²) in [6.07, 6.45) is 6.58. The lowest BCUT2D eigenvalue weighted by molar-refractivity contribution is -0.132. The Morgan fingerprint density at radius 3 is 2.70 bits per heavy atom. The summed E-state index contributed by atoms with van der Waals surface area (Å²) in [6, 6.07) is 7.72. The molecule has 1 fully saturated rings. The van der Waals surface area contributed by atoms with Crippen molar-refractivity contribution in [3.63, 3.8) is 0 Å². The predicted octanol–water partition coefficient (Wildman–Crippen LogP) is 0.979. The third-order valence-corrected chi connectivity index (χ3v) is 3.62. The lowest BCUT2D eigenvalue weighted by Gasteiger charge is -2.33. The molecule has 0 bridgehead atoms. The van der Waals surface area contributed by atoms with Gasteiger partial charge in [-0.1, -0.05) is 18.1 Å². The first-order valence-electron chi connectivity index (χ1n) is 6.97. The van der Waals surface area contributed by atoms with E-state index in [1.165, 1.54) is 0 Å². The molecular formula is C16H21N3O. The van der Waals surface area contributed by atoms with E-state index in [2.05, 4.69) is 10.8 Å². The van der Waals surface area contributed by atoms with Gasteiger partial charge in [-0.2, -0.15) is 0 Å². The van der Waals surface area contributed by atoms with Crippen LogP contribution in [0.1, 0.15) is 12.0 Å². The number of hydrogen-bond donors (Lipinski definition) is 1. The molecule has 0 spiro atoms. The van der Waals surface area contributed by atoms with Crippen LogP contribution in [0.3, 0.4) is 0 Å². The number of nitrogens with two attached hydrogens (primary N) is 1. The molecule has 1 aliphatic heterocycles.